The minimum atomic E-state index is 0.539. The fraction of sp³-hybridized carbons (Fsp3) is 1.00. The zero-order valence-electron chi connectivity index (χ0n) is 26.7. The van der Waals surface area contributed by atoms with Crippen LogP contribution in [0.4, 0.5) is 0 Å². The Kier molecular flexibility index (Phi) is 39.2. The van der Waals surface area contributed by atoms with Crippen LogP contribution < -0.4 is 5.32 Å². The van der Waals surface area contributed by atoms with Gasteiger partial charge in [-0.25, -0.2) is 0 Å². The van der Waals surface area contributed by atoms with Crippen molar-refractivity contribution in [3.8, 4) is 0 Å². The van der Waals surface area contributed by atoms with Gasteiger partial charge >= 0.3 is 0 Å². The van der Waals surface area contributed by atoms with Gasteiger partial charge in [-0.15, -0.1) is 0 Å². The molecule has 248 valence electrons. The number of hydrogen-bond acceptors (Lipinski definition) is 10. The van der Waals surface area contributed by atoms with Gasteiger partial charge in [0.1, 0.15) is 0 Å². The molecule has 0 aliphatic rings. The SMILES string of the molecule is CCCCCCCCCCCCOCCOCCOCCOCCOCCOCCOCCOCCOCCNC. The first-order chi connectivity index (χ1) is 20.4. The van der Waals surface area contributed by atoms with Crippen molar-refractivity contribution in [2.45, 2.75) is 71.1 Å². The quantitative estimate of drug-likeness (QED) is 0.104. The molecular weight excluding hydrogens is 530 g/mol. The number of rotatable bonds is 38. The van der Waals surface area contributed by atoms with Crippen molar-refractivity contribution in [3.05, 3.63) is 0 Å². The molecule has 41 heavy (non-hydrogen) atoms. The molecule has 10 heteroatoms. The third-order valence-electron chi connectivity index (χ3n) is 6.11. The predicted molar refractivity (Wildman–Crippen MR) is 163 cm³/mol. The maximum absolute atomic E-state index is 5.64. The van der Waals surface area contributed by atoms with Gasteiger partial charge in [0.25, 0.3) is 0 Å². The highest BCUT2D eigenvalue weighted by Crippen LogP contribution is 2.10. The summed E-state index contributed by atoms with van der Waals surface area (Å²) in [6.45, 7) is 13.7. The van der Waals surface area contributed by atoms with E-state index in [1.165, 1.54) is 57.8 Å². The Labute approximate surface area is 251 Å². The first kappa shape index (κ1) is 40.6. The summed E-state index contributed by atoms with van der Waals surface area (Å²) < 4.78 is 49.4. The number of hydrogen-bond donors (Lipinski definition) is 1. The van der Waals surface area contributed by atoms with Crippen LogP contribution in [0.1, 0.15) is 71.1 Å². The molecule has 0 unspecified atom stereocenters. The maximum atomic E-state index is 5.64. The van der Waals surface area contributed by atoms with Gasteiger partial charge in [0, 0.05) is 13.2 Å². The fourth-order valence-electron chi connectivity index (χ4n) is 3.73. The molecule has 0 spiro atoms. The van der Waals surface area contributed by atoms with E-state index in [-0.39, 0.29) is 0 Å². The molecule has 0 aliphatic heterocycles. The van der Waals surface area contributed by atoms with E-state index in [4.69, 9.17) is 42.6 Å². The lowest BCUT2D eigenvalue weighted by Crippen LogP contribution is -2.17. The molecule has 0 heterocycles. The predicted octanol–water partition coefficient (Wildman–Crippen LogP) is 4.28. The summed E-state index contributed by atoms with van der Waals surface area (Å²) in [5, 5.41) is 3.02. The molecule has 0 amide bonds. The Bertz CT molecular complexity index is 412. The van der Waals surface area contributed by atoms with E-state index in [1.807, 2.05) is 7.05 Å². The highest BCUT2D eigenvalue weighted by molar-refractivity contribution is 4.47. The van der Waals surface area contributed by atoms with E-state index in [1.54, 1.807) is 0 Å². The largest absolute Gasteiger partial charge is 0.379 e. The van der Waals surface area contributed by atoms with Gasteiger partial charge < -0.3 is 47.9 Å². The van der Waals surface area contributed by atoms with Crippen LogP contribution in [-0.2, 0) is 42.6 Å². The van der Waals surface area contributed by atoms with Gasteiger partial charge in [-0.3, -0.25) is 0 Å². The van der Waals surface area contributed by atoms with Crippen LogP contribution in [0, 0.1) is 0 Å². The Balaban J connectivity index is 3.02. The first-order valence-electron chi connectivity index (χ1n) is 16.3. The third kappa shape index (κ3) is 39.6. The van der Waals surface area contributed by atoms with Crippen molar-refractivity contribution in [1.29, 1.82) is 0 Å². The molecule has 0 radical (unpaired) electrons. The van der Waals surface area contributed by atoms with Crippen molar-refractivity contribution < 1.29 is 42.6 Å². The van der Waals surface area contributed by atoms with Crippen LogP contribution in [0.25, 0.3) is 0 Å². The second-order valence-corrected chi connectivity index (χ2v) is 9.80. The van der Waals surface area contributed by atoms with Crippen LogP contribution in [-0.4, -0.2) is 133 Å². The second kappa shape index (κ2) is 39.6. The van der Waals surface area contributed by atoms with Gasteiger partial charge in [0.2, 0.25) is 0 Å². The Morgan fingerprint density at radius 3 is 0.829 bits per heavy atom. The zero-order valence-corrected chi connectivity index (χ0v) is 26.7. The number of nitrogens with one attached hydrogen (secondary N) is 1. The van der Waals surface area contributed by atoms with Crippen molar-refractivity contribution in [3.63, 3.8) is 0 Å². The third-order valence-corrected chi connectivity index (χ3v) is 6.11. The summed E-state index contributed by atoms with van der Waals surface area (Å²) in [5.74, 6) is 0. The van der Waals surface area contributed by atoms with E-state index >= 15 is 0 Å². The van der Waals surface area contributed by atoms with E-state index in [9.17, 15) is 0 Å². The summed E-state index contributed by atoms with van der Waals surface area (Å²) >= 11 is 0. The maximum Gasteiger partial charge on any atom is 0.0701 e. The van der Waals surface area contributed by atoms with Crippen molar-refractivity contribution in [2.24, 2.45) is 0 Å². The van der Waals surface area contributed by atoms with Crippen LogP contribution in [0.3, 0.4) is 0 Å². The molecule has 0 aromatic carbocycles. The molecule has 0 saturated carbocycles. The van der Waals surface area contributed by atoms with E-state index in [0.29, 0.717) is 112 Å². The van der Waals surface area contributed by atoms with Crippen LogP contribution in [0.2, 0.25) is 0 Å². The number of unbranched alkanes of at least 4 members (excludes halogenated alkanes) is 9. The molecule has 0 fully saturated rings. The zero-order chi connectivity index (χ0) is 29.6. The van der Waals surface area contributed by atoms with Gasteiger partial charge in [-0.2, -0.15) is 0 Å². The van der Waals surface area contributed by atoms with E-state index in [2.05, 4.69) is 12.2 Å². The lowest BCUT2D eigenvalue weighted by Gasteiger charge is -2.09. The van der Waals surface area contributed by atoms with Gasteiger partial charge in [-0.1, -0.05) is 64.7 Å². The van der Waals surface area contributed by atoms with E-state index in [0.717, 1.165) is 19.6 Å². The number of likely N-dealkylation sites (N-methyl/N-ethyl adjacent to an activating group) is 1. The topological polar surface area (TPSA) is 95.1 Å². The minimum absolute atomic E-state index is 0.539. The molecule has 0 aromatic rings. The molecule has 0 saturated heterocycles. The van der Waals surface area contributed by atoms with Crippen molar-refractivity contribution in [1.82, 2.24) is 5.32 Å². The van der Waals surface area contributed by atoms with Crippen molar-refractivity contribution >= 4 is 0 Å². The summed E-state index contributed by atoms with van der Waals surface area (Å²) in [7, 11) is 1.90. The minimum Gasteiger partial charge on any atom is -0.379 e. The van der Waals surface area contributed by atoms with Crippen LogP contribution in [0.5, 0.6) is 0 Å². The van der Waals surface area contributed by atoms with Crippen LogP contribution in [0.15, 0.2) is 0 Å². The fourth-order valence-corrected chi connectivity index (χ4v) is 3.73. The molecule has 0 aliphatic carbocycles. The van der Waals surface area contributed by atoms with Crippen LogP contribution >= 0.6 is 0 Å². The standard InChI is InChI=1S/C31H65NO9/c1-3-4-5-6-7-8-9-10-11-12-14-33-16-18-35-20-22-37-24-26-39-28-30-41-31-29-40-27-25-38-23-21-36-19-17-34-15-13-32-2/h32H,3-31H2,1-2H3. The van der Waals surface area contributed by atoms with E-state index < -0.39 is 0 Å². The summed E-state index contributed by atoms with van der Waals surface area (Å²) in [4.78, 5) is 0. The number of ether oxygens (including phenoxy) is 9. The lowest BCUT2D eigenvalue weighted by atomic mass is 10.1. The summed E-state index contributed by atoms with van der Waals surface area (Å²) in [5.41, 5.74) is 0. The lowest BCUT2D eigenvalue weighted by molar-refractivity contribution is -0.0249. The molecule has 1 N–H and O–H groups in total. The highest BCUT2D eigenvalue weighted by atomic mass is 16.6. The normalized spacial score (nSPS) is 11.6. The Morgan fingerprint density at radius 2 is 0.537 bits per heavy atom. The molecule has 0 bridgehead atoms. The smallest absolute Gasteiger partial charge is 0.0701 e. The molecule has 10 nitrogen and oxygen atoms in total. The molecule has 0 rings (SSSR count). The summed E-state index contributed by atoms with van der Waals surface area (Å²) in [6, 6.07) is 0. The van der Waals surface area contributed by atoms with Gasteiger partial charge in [-0.05, 0) is 13.5 Å². The summed E-state index contributed by atoms with van der Waals surface area (Å²) in [6.07, 6.45) is 13.5. The molecular formula is C31H65NO9. The Hall–Kier alpha value is -0.400. The second-order valence-electron chi connectivity index (χ2n) is 9.80. The highest BCUT2D eigenvalue weighted by Gasteiger charge is 1.96. The van der Waals surface area contributed by atoms with Gasteiger partial charge in [0.15, 0.2) is 0 Å². The van der Waals surface area contributed by atoms with Crippen molar-refractivity contribution in [2.75, 3.05) is 133 Å². The Morgan fingerprint density at radius 1 is 0.293 bits per heavy atom. The van der Waals surface area contributed by atoms with Gasteiger partial charge in [0.05, 0.1) is 112 Å². The molecule has 0 aromatic heterocycles. The first-order valence-corrected chi connectivity index (χ1v) is 16.3. The molecule has 0 atom stereocenters. The average molecular weight is 596 g/mol. The monoisotopic (exact) mass is 595 g/mol. The average Bonchev–Trinajstić information content (AvgIpc) is 2.98.